The molecular formula is C15H22O9. The maximum atomic E-state index is 10.0. The molecule has 1 saturated heterocycles. The molecular weight excluding hydrogens is 324 g/mol. The Morgan fingerprint density at radius 1 is 1.00 bits per heavy atom. The predicted molar refractivity (Wildman–Crippen MR) is 77.0 cm³/mol. The summed E-state index contributed by atoms with van der Waals surface area (Å²) in [5.74, 6) is -0.835. The Kier molecular flexibility index (Phi) is 5.23. The number of aliphatic hydroxyl groups is 6. The molecule has 3 rings (SSSR count). The Morgan fingerprint density at radius 3 is 2.42 bits per heavy atom. The zero-order valence-corrected chi connectivity index (χ0v) is 12.8. The molecule has 3 aliphatic rings. The summed E-state index contributed by atoms with van der Waals surface area (Å²) < 4.78 is 16.3. The Hall–Kier alpha value is -1.04. The molecule has 9 atom stereocenters. The van der Waals surface area contributed by atoms with Gasteiger partial charge in [0.1, 0.15) is 24.4 Å². The van der Waals surface area contributed by atoms with Gasteiger partial charge in [-0.25, -0.2) is 0 Å². The normalized spacial score (nSPS) is 47.9. The van der Waals surface area contributed by atoms with Crippen molar-refractivity contribution in [2.75, 3.05) is 13.2 Å². The first-order chi connectivity index (χ1) is 11.5. The fourth-order valence-corrected chi connectivity index (χ4v) is 3.38. The van der Waals surface area contributed by atoms with Crippen LogP contribution in [0.5, 0.6) is 0 Å². The zero-order chi connectivity index (χ0) is 17.4. The van der Waals surface area contributed by atoms with Gasteiger partial charge in [-0.2, -0.15) is 0 Å². The molecule has 0 saturated carbocycles. The standard InChI is InChI=1S/C15H22O9/c16-4-6-3-8(18)7-1-2-22-14(10(6)7)24-15-13(21)12(20)11(19)9(5-17)23-15/h1-3,7-21H,4-5H2/t7-,8-,9+,10-,11+,12-,13+,14-,15-/m0/s1. The molecule has 9 heteroatoms. The van der Waals surface area contributed by atoms with Gasteiger partial charge in [-0.1, -0.05) is 6.08 Å². The van der Waals surface area contributed by atoms with Crippen molar-refractivity contribution in [3.63, 3.8) is 0 Å². The molecule has 136 valence electrons. The van der Waals surface area contributed by atoms with Crippen LogP contribution in [0.25, 0.3) is 0 Å². The molecule has 0 spiro atoms. The van der Waals surface area contributed by atoms with Crippen LogP contribution in [0.1, 0.15) is 0 Å². The summed E-state index contributed by atoms with van der Waals surface area (Å²) >= 11 is 0. The van der Waals surface area contributed by atoms with Gasteiger partial charge in [0.25, 0.3) is 0 Å². The van der Waals surface area contributed by atoms with Crippen LogP contribution in [0.3, 0.4) is 0 Å². The van der Waals surface area contributed by atoms with Gasteiger partial charge in [-0.05, 0) is 11.6 Å². The molecule has 0 aromatic rings. The lowest BCUT2D eigenvalue weighted by atomic mass is 9.88. The number of aliphatic hydroxyl groups excluding tert-OH is 6. The van der Waals surface area contributed by atoms with Gasteiger partial charge in [0.15, 0.2) is 6.29 Å². The Morgan fingerprint density at radius 2 is 1.75 bits per heavy atom. The third kappa shape index (κ3) is 2.98. The van der Waals surface area contributed by atoms with Crippen molar-refractivity contribution < 1.29 is 44.8 Å². The first-order valence-electron chi connectivity index (χ1n) is 7.75. The molecule has 0 aromatic heterocycles. The van der Waals surface area contributed by atoms with Gasteiger partial charge in [0, 0.05) is 5.92 Å². The van der Waals surface area contributed by atoms with Gasteiger partial charge in [-0.15, -0.1) is 0 Å². The number of hydrogen-bond donors (Lipinski definition) is 6. The molecule has 24 heavy (non-hydrogen) atoms. The van der Waals surface area contributed by atoms with Crippen molar-refractivity contribution in [3.05, 3.63) is 24.0 Å². The lowest BCUT2D eigenvalue weighted by Crippen LogP contribution is -2.60. The third-order valence-electron chi connectivity index (χ3n) is 4.73. The molecule has 0 amide bonds. The summed E-state index contributed by atoms with van der Waals surface area (Å²) in [6.07, 6.45) is -4.27. The minimum atomic E-state index is -1.56. The van der Waals surface area contributed by atoms with E-state index < -0.39 is 55.6 Å². The van der Waals surface area contributed by atoms with E-state index in [0.717, 1.165) is 0 Å². The van der Waals surface area contributed by atoms with Crippen LogP contribution in [0, 0.1) is 11.8 Å². The number of ether oxygens (including phenoxy) is 3. The smallest absolute Gasteiger partial charge is 0.209 e. The minimum absolute atomic E-state index is 0.288. The van der Waals surface area contributed by atoms with Gasteiger partial charge in [0.05, 0.1) is 31.5 Å². The SMILES string of the molecule is OCC1=C[C@H](O)[C@@H]2C=CO[C@@H](O[C@@H]3O[C@H](CO)[C@@H](O)[C@H](O)[C@H]3O)[C@@H]12. The second kappa shape index (κ2) is 7.06. The van der Waals surface area contributed by atoms with Crippen LogP contribution in [0.2, 0.25) is 0 Å². The van der Waals surface area contributed by atoms with Crippen LogP contribution in [-0.2, 0) is 14.2 Å². The first-order valence-corrected chi connectivity index (χ1v) is 7.75. The predicted octanol–water partition coefficient (Wildman–Crippen LogP) is -2.80. The van der Waals surface area contributed by atoms with Crippen molar-refractivity contribution in [1.82, 2.24) is 0 Å². The summed E-state index contributed by atoms with van der Waals surface area (Å²) in [5, 5.41) is 58.3. The van der Waals surface area contributed by atoms with Crippen molar-refractivity contribution in [2.24, 2.45) is 11.8 Å². The second-order valence-corrected chi connectivity index (χ2v) is 6.16. The number of rotatable bonds is 4. The summed E-state index contributed by atoms with van der Waals surface area (Å²) in [6, 6.07) is 0. The average Bonchev–Trinajstić information content (AvgIpc) is 2.92. The number of fused-ring (bicyclic) bond motifs is 1. The molecule has 6 N–H and O–H groups in total. The summed E-state index contributed by atoms with van der Waals surface area (Å²) in [5.41, 5.74) is 0.534. The van der Waals surface area contributed by atoms with E-state index in [-0.39, 0.29) is 12.5 Å². The summed E-state index contributed by atoms with van der Waals surface area (Å²) in [6.45, 7) is -0.854. The molecule has 2 heterocycles. The highest BCUT2D eigenvalue weighted by Gasteiger charge is 2.49. The van der Waals surface area contributed by atoms with Crippen LogP contribution in [0.4, 0.5) is 0 Å². The van der Waals surface area contributed by atoms with E-state index in [1.54, 1.807) is 6.08 Å². The molecule has 0 bridgehead atoms. The van der Waals surface area contributed by atoms with E-state index in [0.29, 0.717) is 5.57 Å². The topological polar surface area (TPSA) is 149 Å². The fraction of sp³-hybridized carbons (Fsp3) is 0.733. The van der Waals surface area contributed by atoms with Gasteiger partial charge in [-0.3, -0.25) is 0 Å². The van der Waals surface area contributed by atoms with E-state index in [9.17, 15) is 30.6 Å². The van der Waals surface area contributed by atoms with E-state index >= 15 is 0 Å². The Balaban J connectivity index is 1.75. The zero-order valence-electron chi connectivity index (χ0n) is 12.8. The van der Waals surface area contributed by atoms with Crippen molar-refractivity contribution in [1.29, 1.82) is 0 Å². The number of hydrogen-bond acceptors (Lipinski definition) is 9. The Labute approximate surface area is 138 Å². The van der Waals surface area contributed by atoms with E-state index in [1.165, 1.54) is 12.3 Å². The summed E-state index contributed by atoms with van der Waals surface area (Å²) in [4.78, 5) is 0. The lowest BCUT2D eigenvalue weighted by molar-refractivity contribution is -0.339. The molecule has 0 radical (unpaired) electrons. The molecule has 1 fully saturated rings. The van der Waals surface area contributed by atoms with E-state index in [2.05, 4.69) is 0 Å². The maximum Gasteiger partial charge on any atom is 0.209 e. The summed E-state index contributed by atoms with van der Waals surface area (Å²) in [7, 11) is 0. The Bertz CT molecular complexity index is 505. The molecule has 9 nitrogen and oxygen atoms in total. The van der Waals surface area contributed by atoms with Crippen molar-refractivity contribution in [3.8, 4) is 0 Å². The minimum Gasteiger partial charge on any atom is -0.472 e. The molecule has 0 unspecified atom stereocenters. The lowest BCUT2D eigenvalue weighted by Gasteiger charge is -2.42. The van der Waals surface area contributed by atoms with Gasteiger partial charge >= 0.3 is 0 Å². The highest BCUT2D eigenvalue weighted by molar-refractivity contribution is 5.25. The second-order valence-electron chi connectivity index (χ2n) is 6.16. The van der Waals surface area contributed by atoms with E-state index in [1.807, 2.05) is 0 Å². The van der Waals surface area contributed by atoms with Crippen LogP contribution in [-0.4, -0.2) is 87.0 Å². The van der Waals surface area contributed by atoms with Crippen molar-refractivity contribution in [2.45, 2.75) is 43.1 Å². The molecule has 0 aromatic carbocycles. The largest absolute Gasteiger partial charge is 0.472 e. The van der Waals surface area contributed by atoms with Crippen LogP contribution >= 0.6 is 0 Å². The third-order valence-corrected chi connectivity index (χ3v) is 4.73. The quantitative estimate of drug-likeness (QED) is 0.297. The average molecular weight is 346 g/mol. The molecule has 2 aliphatic heterocycles. The molecule has 1 aliphatic carbocycles. The van der Waals surface area contributed by atoms with Crippen LogP contribution in [0.15, 0.2) is 24.0 Å². The first kappa shape index (κ1) is 17.8. The van der Waals surface area contributed by atoms with Crippen molar-refractivity contribution >= 4 is 0 Å². The van der Waals surface area contributed by atoms with E-state index in [4.69, 9.17) is 14.2 Å². The van der Waals surface area contributed by atoms with Gasteiger partial charge < -0.3 is 44.8 Å². The van der Waals surface area contributed by atoms with Gasteiger partial charge in [0.2, 0.25) is 6.29 Å². The fourth-order valence-electron chi connectivity index (χ4n) is 3.38. The van der Waals surface area contributed by atoms with Crippen LogP contribution < -0.4 is 0 Å². The highest BCUT2D eigenvalue weighted by atomic mass is 16.8. The maximum absolute atomic E-state index is 10.0. The monoisotopic (exact) mass is 346 g/mol. The highest BCUT2D eigenvalue weighted by Crippen LogP contribution is 2.40.